The Bertz CT molecular complexity index is 1460. The van der Waals surface area contributed by atoms with E-state index in [4.69, 9.17) is 0 Å². The van der Waals surface area contributed by atoms with Crippen LogP contribution in [0.3, 0.4) is 0 Å². The smallest absolute Gasteiger partial charge is 0.264 e. The van der Waals surface area contributed by atoms with E-state index in [2.05, 4.69) is 5.32 Å². The monoisotopic (exact) mass is 541 g/mol. The van der Waals surface area contributed by atoms with Crippen molar-refractivity contribution >= 4 is 37.3 Å². The second-order valence-corrected chi connectivity index (χ2v) is 12.9. The number of hydrogen-bond acceptors (Lipinski definition) is 5. The lowest BCUT2D eigenvalue weighted by atomic mass is 10.2. The normalized spacial score (nSPS) is 14.8. The van der Waals surface area contributed by atoms with Crippen molar-refractivity contribution in [2.75, 3.05) is 29.3 Å². The lowest BCUT2D eigenvalue weighted by Crippen LogP contribution is -2.38. The van der Waals surface area contributed by atoms with Crippen LogP contribution >= 0.6 is 0 Å². The minimum absolute atomic E-state index is 0.0847. The topological polar surface area (TPSA) is 104 Å². The SMILES string of the molecule is Cc1ccc(S(=O)(=O)N(CC(=O)Nc2ccc(S(=O)(=O)N3CCCCC3)cc2)c2ccccc2C)cc1. The van der Waals surface area contributed by atoms with Crippen molar-refractivity contribution in [2.45, 2.75) is 42.9 Å². The zero-order chi connectivity index (χ0) is 26.6. The lowest BCUT2D eigenvalue weighted by Gasteiger charge is -2.26. The molecule has 1 aliphatic heterocycles. The highest BCUT2D eigenvalue weighted by Gasteiger charge is 2.29. The van der Waals surface area contributed by atoms with Gasteiger partial charge in [-0.25, -0.2) is 16.8 Å². The minimum atomic E-state index is -4.03. The Hall–Kier alpha value is -3.21. The molecule has 8 nitrogen and oxygen atoms in total. The van der Waals surface area contributed by atoms with Crippen molar-refractivity contribution in [3.8, 4) is 0 Å². The molecular weight excluding hydrogens is 510 g/mol. The van der Waals surface area contributed by atoms with Crippen LogP contribution in [0.1, 0.15) is 30.4 Å². The zero-order valence-electron chi connectivity index (χ0n) is 20.9. The Kier molecular flexibility index (Phi) is 8.01. The lowest BCUT2D eigenvalue weighted by molar-refractivity contribution is -0.114. The Balaban J connectivity index is 1.55. The van der Waals surface area contributed by atoms with E-state index in [0.717, 1.165) is 29.1 Å². The molecule has 1 N–H and O–H groups in total. The van der Waals surface area contributed by atoms with Gasteiger partial charge in [0.05, 0.1) is 15.5 Å². The molecule has 4 rings (SSSR count). The molecule has 0 atom stereocenters. The van der Waals surface area contributed by atoms with Crippen LogP contribution in [0.5, 0.6) is 0 Å². The number of hydrogen-bond donors (Lipinski definition) is 1. The molecule has 1 heterocycles. The number of anilines is 2. The molecule has 0 unspecified atom stereocenters. The van der Waals surface area contributed by atoms with Crippen LogP contribution < -0.4 is 9.62 Å². The Labute approximate surface area is 219 Å². The standard InChI is InChI=1S/C27H31N3O5S2/c1-21-10-14-25(15-11-21)37(34,35)30(26-9-5-4-8-22(26)2)20-27(31)28-23-12-16-24(17-13-23)36(32,33)29-18-6-3-7-19-29/h4-5,8-17H,3,6-7,18-20H2,1-2H3,(H,28,31). The van der Waals surface area contributed by atoms with Crippen LogP contribution in [0.4, 0.5) is 11.4 Å². The van der Waals surface area contributed by atoms with Gasteiger partial charge in [-0.15, -0.1) is 0 Å². The zero-order valence-corrected chi connectivity index (χ0v) is 22.6. The van der Waals surface area contributed by atoms with Crippen LogP contribution in [0.15, 0.2) is 82.6 Å². The van der Waals surface area contributed by atoms with Crippen LogP contribution in [0.2, 0.25) is 0 Å². The van der Waals surface area contributed by atoms with Crippen molar-refractivity contribution in [3.63, 3.8) is 0 Å². The van der Waals surface area contributed by atoms with Gasteiger partial charge in [-0.2, -0.15) is 4.31 Å². The van der Waals surface area contributed by atoms with E-state index in [-0.39, 0.29) is 9.79 Å². The fourth-order valence-electron chi connectivity index (χ4n) is 4.28. The van der Waals surface area contributed by atoms with E-state index in [9.17, 15) is 21.6 Å². The summed E-state index contributed by atoms with van der Waals surface area (Å²) in [5.74, 6) is -0.550. The Morgan fingerprint density at radius 2 is 1.41 bits per heavy atom. The average Bonchev–Trinajstić information content (AvgIpc) is 2.89. The van der Waals surface area contributed by atoms with E-state index < -0.39 is 32.5 Å². The fourth-order valence-corrected chi connectivity index (χ4v) is 7.28. The largest absolute Gasteiger partial charge is 0.325 e. The maximum absolute atomic E-state index is 13.6. The van der Waals surface area contributed by atoms with Crippen molar-refractivity contribution in [2.24, 2.45) is 0 Å². The summed E-state index contributed by atoms with van der Waals surface area (Å²) in [5.41, 5.74) is 2.41. The molecule has 3 aromatic carbocycles. The van der Waals surface area contributed by atoms with Crippen molar-refractivity contribution in [3.05, 3.63) is 83.9 Å². The third-order valence-corrected chi connectivity index (χ3v) is 10.1. The highest BCUT2D eigenvalue weighted by molar-refractivity contribution is 7.92. The van der Waals surface area contributed by atoms with Gasteiger partial charge in [-0.05, 0) is 74.7 Å². The molecule has 0 bridgehead atoms. The van der Waals surface area contributed by atoms with E-state index in [0.29, 0.717) is 30.0 Å². The first-order valence-electron chi connectivity index (χ1n) is 12.1. The van der Waals surface area contributed by atoms with Crippen molar-refractivity contribution in [1.29, 1.82) is 0 Å². The van der Waals surface area contributed by atoms with Gasteiger partial charge in [-0.3, -0.25) is 9.10 Å². The van der Waals surface area contributed by atoms with Gasteiger partial charge >= 0.3 is 0 Å². The van der Waals surface area contributed by atoms with E-state index in [1.807, 2.05) is 6.92 Å². The highest BCUT2D eigenvalue weighted by atomic mass is 32.2. The summed E-state index contributed by atoms with van der Waals surface area (Å²) in [5, 5.41) is 2.70. The molecule has 1 fully saturated rings. The molecule has 0 radical (unpaired) electrons. The molecule has 10 heteroatoms. The first-order valence-corrected chi connectivity index (χ1v) is 15.0. The first kappa shape index (κ1) is 26.8. The maximum Gasteiger partial charge on any atom is 0.264 e. The molecule has 0 saturated carbocycles. The summed E-state index contributed by atoms with van der Waals surface area (Å²) >= 11 is 0. The van der Waals surface area contributed by atoms with Crippen LogP contribution in [-0.2, 0) is 24.8 Å². The highest BCUT2D eigenvalue weighted by Crippen LogP contribution is 2.27. The number of carbonyl (C=O) groups excluding carboxylic acids is 1. The predicted octanol–water partition coefficient (Wildman–Crippen LogP) is 4.31. The molecule has 196 valence electrons. The van der Waals surface area contributed by atoms with E-state index in [1.165, 1.54) is 40.7 Å². The molecular formula is C27H31N3O5S2. The fraction of sp³-hybridized carbons (Fsp3) is 0.296. The Morgan fingerprint density at radius 1 is 0.811 bits per heavy atom. The van der Waals surface area contributed by atoms with Gasteiger partial charge in [0.25, 0.3) is 10.0 Å². The number of carbonyl (C=O) groups is 1. The van der Waals surface area contributed by atoms with Gasteiger partial charge in [0.1, 0.15) is 6.54 Å². The molecule has 1 amide bonds. The van der Waals surface area contributed by atoms with Gasteiger partial charge in [0.15, 0.2) is 0 Å². The van der Waals surface area contributed by atoms with Gasteiger partial charge in [-0.1, -0.05) is 42.3 Å². The molecule has 3 aromatic rings. The number of nitrogens with one attached hydrogen (secondary N) is 1. The van der Waals surface area contributed by atoms with E-state index in [1.54, 1.807) is 43.3 Å². The molecule has 0 spiro atoms. The number of amides is 1. The molecule has 0 aliphatic carbocycles. The maximum atomic E-state index is 13.6. The van der Waals surface area contributed by atoms with Gasteiger partial charge in [0, 0.05) is 18.8 Å². The van der Waals surface area contributed by atoms with Crippen molar-refractivity contribution < 1.29 is 21.6 Å². The molecule has 1 saturated heterocycles. The second kappa shape index (κ2) is 11.0. The van der Waals surface area contributed by atoms with Gasteiger partial charge < -0.3 is 5.32 Å². The molecule has 37 heavy (non-hydrogen) atoms. The number of sulfonamides is 2. The third kappa shape index (κ3) is 6.03. The summed E-state index contributed by atoms with van der Waals surface area (Å²) in [4.78, 5) is 13.3. The predicted molar refractivity (Wildman–Crippen MR) is 145 cm³/mol. The number of aryl methyl sites for hydroxylation is 2. The van der Waals surface area contributed by atoms with Gasteiger partial charge in [0.2, 0.25) is 15.9 Å². The number of nitrogens with zero attached hydrogens (tertiary/aromatic N) is 2. The average molecular weight is 542 g/mol. The van der Waals surface area contributed by atoms with E-state index >= 15 is 0 Å². The third-order valence-electron chi connectivity index (χ3n) is 6.37. The number of benzene rings is 3. The quantitative estimate of drug-likeness (QED) is 0.458. The summed E-state index contributed by atoms with van der Waals surface area (Å²) < 4.78 is 55.5. The van der Waals surface area contributed by atoms with Crippen LogP contribution in [-0.4, -0.2) is 46.7 Å². The second-order valence-electron chi connectivity index (χ2n) is 9.15. The molecule has 0 aromatic heterocycles. The summed E-state index contributed by atoms with van der Waals surface area (Å²) in [7, 11) is -7.62. The summed E-state index contributed by atoms with van der Waals surface area (Å²) in [6.07, 6.45) is 2.71. The van der Waals surface area contributed by atoms with Crippen molar-refractivity contribution in [1.82, 2.24) is 4.31 Å². The Morgan fingerprint density at radius 3 is 2.03 bits per heavy atom. The summed E-state index contributed by atoms with van der Waals surface area (Å²) in [6.45, 7) is 4.21. The summed E-state index contributed by atoms with van der Waals surface area (Å²) in [6, 6.07) is 19.4. The van der Waals surface area contributed by atoms with Crippen LogP contribution in [0.25, 0.3) is 0 Å². The minimum Gasteiger partial charge on any atom is -0.325 e. The number of piperidine rings is 1. The number of para-hydroxylation sites is 1. The number of rotatable bonds is 8. The molecule has 1 aliphatic rings. The van der Waals surface area contributed by atoms with Crippen LogP contribution in [0, 0.1) is 13.8 Å². The first-order chi connectivity index (χ1) is 17.6.